The SMILES string of the molecule is Cc1ccc(CO)cc1NC(=O)C1OCCc2ccccc21. The zero-order valence-corrected chi connectivity index (χ0v) is 12.5. The molecule has 0 aliphatic carbocycles. The highest BCUT2D eigenvalue weighted by atomic mass is 16.5. The first-order valence-corrected chi connectivity index (χ1v) is 7.39. The summed E-state index contributed by atoms with van der Waals surface area (Å²) in [4.78, 5) is 12.6. The van der Waals surface area contributed by atoms with Gasteiger partial charge in [-0.15, -0.1) is 0 Å². The first-order valence-electron chi connectivity index (χ1n) is 7.39. The average Bonchev–Trinajstić information content (AvgIpc) is 2.56. The van der Waals surface area contributed by atoms with Crippen molar-refractivity contribution in [3.8, 4) is 0 Å². The maximum Gasteiger partial charge on any atom is 0.258 e. The number of benzene rings is 2. The first-order chi connectivity index (χ1) is 10.7. The van der Waals surface area contributed by atoms with Crippen molar-refractivity contribution in [2.75, 3.05) is 11.9 Å². The summed E-state index contributed by atoms with van der Waals surface area (Å²) in [6.45, 7) is 2.42. The fourth-order valence-corrected chi connectivity index (χ4v) is 2.71. The van der Waals surface area contributed by atoms with Gasteiger partial charge in [0.15, 0.2) is 6.10 Å². The second-order valence-corrected chi connectivity index (χ2v) is 5.50. The predicted octanol–water partition coefficient (Wildman–Crippen LogP) is 2.74. The van der Waals surface area contributed by atoms with Gasteiger partial charge in [0, 0.05) is 5.69 Å². The molecule has 0 saturated heterocycles. The van der Waals surface area contributed by atoms with Gasteiger partial charge in [0.2, 0.25) is 0 Å². The highest BCUT2D eigenvalue weighted by Crippen LogP contribution is 2.28. The van der Waals surface area contributed by atoms with Crippen LogP contribution >= 0.6 is 0 Å². The van der Waals surface area contributed by atoms with Crippen molar-refractivity contribution in [2.45, 2.75) is 26.1 Å². The van der Waals surface area contributed by atoms with Gasteiger partial charge >= 0.3 is 0 Å². The normalized spacial score (nSPS) is 16.9. The molecule has 2 aromatic rings. The number of aliphatic hydroxyl groups is 1. The highest BCUT2D eigenvalue weighted by Gasteiger charge is 2.27. The van der Waals surface area contributed by atoms with Crippen LogP contribution in [-0.4, -0.2) is 17.6 Å². The summed E-state index contributed by atoms with van der Waals surface area (Å²) < 4.78 is 5.67. The van der Waals surface area contributed by atoms with E-state index in [1.165, 1.54) is 0 Å². The van der Waals surface area contributed by atoms with Gasteiger partial charge in [-0.3, -0.25) is 4.79 Å². The number of ether oxygens (including phenoxy) is 1. The van der Waals surface area contributed by atoms with Gasteiger partial charge in [-0.25, -0.2) is 0 Å². The summed E-state index contributed by atoms with van der Waals surface area (Å²) in [6, 6.07) is 13.4. The standard InChI is InChI=1S/C18H19NO3/c1-12-6-7-13(11-20)10-16(12)19-18(21)17-15-5-3-2-4-14(15)8-9-22-17/h2-7,10,17,20H,8-9,11H2,1H3,(H,19,21). The molecule has 0 radical (unpaired) electrons. The van der Waals surface area contributed by atoms with Crippen molar-refractivity contribution in [2.24, 2.45) is 0 Å². The first kappa shape index (κ1) is 14.8. The van der Waals surface area contributed by atoms with Gasteiger partial charge in [0.1, 0.15) is 0 Å². The lowest BCUT2D eigenvalue weighted by Gasteiger charge is -2.25. The lowest BCUT2D eigenvalue weighted by Crippen LogP contribution is -2.28. The van der Waals surface area contributed by atoms with Crippen LogP contribution in [0, 0.1) is 6.92 Å². The van der Waals surface area contributed by atoms with E-state index < -0.39 is 6.10 Å². The molecule has 1 heterocycles. The smallest absolute Gasteiger partial charge is 0.258 e. The van der Waals surface area contributed by atoms with E-state index in [-0.39, 0.29) is 12.5 Å². The molecule has 114 valence electrons. The monoisotopic (exact) mass is 297 g/mol. The number of aliphatic hydroxyl groups excluding tert-OH is 1. The third kappa shape index (κ3) is 2.89. The van der Waals surface area contributed by atoms with Gasteiger partial charge in [0.25, 0.3) is 5.91 Å². The van der Waals surface area contributed by atoms with Crippen LogP contribution < -0.4 is 5.32 Å². The topological polar surface area (TPSA) is 58.6 Å². The van der Waals surface area contributed by atoms with Gasteiger partial charge in [0.05, 0.1) is 13.2 Å². The number of rotatable bonds is 3. The summed E-state index contributed by atoms with van der Waals surface area (Å²) in [6.07, 6.45) is 0.251. The van der Waals surface area contributed by atoms with Crippen LogP contribution in [0.25, 0.3) is 0 Å². The summed E-state index contributed by atoms with van der Waals surface area (Å²) in [5, 5.41) is 12.1. The van der Waals surface area contributed by atoms with Crippen molar-refractivity contribution >= 4 is 11.6 Å². The van der Waals surface area contributed by atoms with Gasteiger partial charge in [-0.1, -0.05) is 36.4 Å². The summed E-state index contributed by atoms with van der Waals surface area (Å²) in [7, 11) is 0. The van der Waals surface area contributed by atoms with Crippen LogP contribution in [0.15, 0.2) is 42.5 Å². The number of aryl methyl sites for hydroxylation is 1. The lowest BCUT2D eigenvalue weighted by molar-refractivity contribution is -0.128. The largest absolute Gasteiger partial charge is 0.392 e. The van der Waals surface area contributed by atoms with E-state index in [2.05, 4.69) is 5.32 Å². The van der Waals surface area contributed by atoms with E-state index >= 15 is 0 Å². The molecule has 1 aliphatic rings. The molecule has 1 unspecified atom stereocenters. The molecule has 4 heteroatoms. The Morgan fingerprint density at radius 2 is 2.14 bits per heavy atom. The van der Waals surface area contributed by atoms with Gasteiger partial charge in [-0.05, 0) is 41.7 Å². The van der Waals surface area contributed by atoms with Crippen LogP contribution in [-0.2, 0) is 22.6 Å². The van der Waals surface area contributed by atoms with Crippen LogP contribution in [0.4, 0.5) is 5.69 Å². The Morgan fingerprint density at radius 1 is 1.32 bits per heavy atom. The maximum absolute atomic E-state index is 12.6. The molecular weight excluding hydrogens is 278 g/mol. The number of carbonyl (C=O) groups excluding carboxylic acids is 1. The average molecular weight is 297 g/mol. The molecule has 1 atom stereocenters. The molecule has 3 rings (SSSR count). The lowest BCUT2D eigenvalue weighted by atomic mass is 9.97. The molecule has 0 fully saturated rings. The molecule has 4 nitrogen and oxygen atoms in total. The second kappa shape index (κ2) is 6.30. The van der Waals surface area contributed by atoms with Gasteiger partial charge in [-0.2, -0.15) is 0 Å². The quantitative estimate of drug-likeness (QED) is 0.916. The molecule has 2 N–H and O–H groups in total. The maximum atomic E-state index is 12.6. The number of carbonyl (C=O) groups is 1. The molecule has 1 amide bonds. The predicted molar refractivity (Wildman–Crippen MR) is 84.6 cm³/mol. The molecule has 22 heavy (non-hydrogen) atoms. The summed E-state index contributed by atoms with van der Waals surface area (Å²) >= 11 is 0. The van der Waals surface area contributed by atoms with E-state index in [4.69, 9.17) is 4.74 Å². The van der Waals surface area contributed by atoms with E-state index in [1.807, 2.05) is 43.3 Å². The third-order valence-corrected chi connectivity index (χ3v) is 3.97. The molecule has 0 spiro atoms. The van der Waals surface area contributed by atoms with E-state index in [0.29, 0.717) is 12.3 Å². The minimum Gasteiger partial charge on any atom is -0.392 e. The van der Waals surface area contributed by atoms with E-state index in [0.717, 1.165) is 28.7 Å². The summed E-state index contributed by atoms with van der Waals surface area (Å²) in [5.74, 6) is -0.176. The van der Waals surface area contributed by atoms with E-state index in [9.17, 15) is 9.90 Å². The van der Waals surface area contributed by atoms with E-state index in [1.54, 1.807) is 6.07 Å². The molecule has 0 bridgehead atoms. The Balaban J connectivity index is 1.84. The zero-order chi connectivity index (χ0) is 15.5. The van der Waals surface area contributed by atoms with Gasteiger partial charge < -0.3 is 15.2 Å². The Bertz CT molecular complexity index is 696. The van der Waals surface area contributed by atoms with Crippen molar-refractivity contribution in [3.05, 3.63) is 64.7 Å². The van der Waals surface area contributed by atoms with Crippen molar-refractivity contribution < 1.29 is 14.6 Å². The Kier molecular flexibility index (Phi) is 4.22. The zero-order valence-electron chi connectivity index (χ0n) is 12.5. The number of nitrogens with one attached hydrogen (secondary N) is 1. The van der Waals surface area contributed by atoms with Crippen LogP contribution in [0.5, 0.6) is 0 Å². The third-order valence-electron chi connectivity index (χ3n) is 3.97. The molecule has 1 aliphatic heterocycles. The number of anilines is 1. The fourth-order valence-electron chi connectivity index (χ4n) is 2.71. The number of hydrogen-bond acceptors (Lipinski definition) is 3. The molecule has 2 aromatic carbocycles. The fraction of sp³-hybridized carbons (Fsp3) is 0.278. The minimum atomic E-state index is -0.581. The number of amides is 1. The van der Waals surface area contributed by atoms with Crippen molar-refractivity contribution in [1.82, 2.24) is 0 Å². The van der Waals surface area contributed by atoms with Crippen LogP contribution in [0.3, 0.4) is 0 Å². The van der Waals surface area contributed by atoms with Crippen LogP contribution in [0.1, 0.15) is 28.4 Å². The Hall–Kier alpha value is -2.17. The van der Waals surface area contributed by atoms with Crippen molar-refractivity contribution in [3.63, 3.8) is 0 Å². The number of hydrogen-bond donors (Lipinski definition) is 2. The molecule has 0 aromatic heterocycles. The number of fused-ring (bicyclic) bond motifs is 1. The minimum absolute atomic E-state index is 0.0497. The summed E-state index contributed by atoms with van der Waals surface area (Å²) in [5.41, 5.74) is 4.53. The Labute approximate surface area is 129 Å². The molecule has 0 saturated carbocycles. The Morgan fingerprint density at radius 3 is 2.95 bits per heavy atom. The van der Waals surface area contributed by atoms with Crippen molar-refractivity contribution in [1.29, 1.82) is 0 Å². The van der Waals surface area contributed by atoms with Crippen LogP contribution in [0.2, 0.25) is 0 Å². The second-order valence-electron chi connectivity index (χ2n) is 5.50. The molecular formula is C18H19NO3. The highest BCUT2D eigenvalue weighted by molar-refractivity contribution is 5.95.